The summed E-state index contributed by atoms with van der Waals surface area (Å²) < 4.78 is 40.6. The molecule has 0 bridgehead atoms. The molecule has 1 aliphatic rings. The summed E-state index contributed by atoms with van der Waals surface area (Å²) in [5.41, 5.74) is 1.71. The van der Waals surface area contributed by atoms with Gasteiger partial charge in [-0.2, -0.15) is 4.31 Å². The van der Waals surface area contributed by atoms with Crippen molar-refractivity contribution in [2.45, 2.75) is 23.8 Å². The van der Waals surface area contributed by atoms with Crippen molar-refractivity contribution in [3.05, 3.63) is 89.9 Å². The van der Waals surface area contributed by atoms with Crippen molar-refractivity contribution in [3.8, 4) is 0 Å². The Hall–Kier alpha value is -2.77. The Labute approximate surface area is 170 Å². The molecule has 1 unspecified atom stereocenters. The molecule has 5 nitrogen and oxygen atoms in total. The first kappa shape index (κ1) is 19.5. The molecule has 2 aromatic carbocycles. The van der Waals surface area contributed by atoms with E-state index >= 15 is 0 Å². The van der Waals surface area contributed by atoms with Gasteiger partial charge in [-0.05, 0) is 48.2 Å². The van der Waals surface area contributed by atoms with Gasteiger partial charge in [0.25, 0.3) is 0 Å². The Kier molecular flexibility index (Phi) is 5.60. The van der Waals surface area contributed by atoms with Gasteiger partial charge in [-0.15, -0.1) is 0 Å². The lowest BCUT2D eigenvalue weighted by molar-refractivity contribution is 0.477. The molecule has 0 aliphatic carbocycles. The normalized spacial score (nSPS) is 15.9. The number of nitrogens with zero attached hydrogens (tertiary/aromatic N) is 2. The summed E-state index contributed by atoms with van der Waals surface area (Å²) in [6, 6.07) is 19.0. The molecule has 1 N–H and O–H groups in total. The first-order valence-electron chi connectivity index (χ1n) is 9.57. The molecule has 1 aromatic heterocycles. The molecule has 0 amide bonds. The predicted octanol–water partition coefficient (Wildman–Crippen LogP) is 4.21. The summed E-state index contributed by atoms with van der Waals surface area (Å²) >= 11 is 0. The summed E-state index contributed by atoms with van der Waals surface area (Å²) in [4.78, 5) is 4.51. The Balaban J connectivity index is 1.61. The van der Waals surface area contributed by atoms with Crippen molar-refractivity contribution in [1.82, 2.24) is 9.29 Å². The SMILES string of the molecule is O=S(=O)(c1ccc(NC(c2ccccc2)c2cccc(F)c2)nc1)N1CCCC1. The molecular weight excluding hydrogens is 389 g/mol. The van der Waals surface area contributed by atoms with E-state index in [1.807, 2.05) is 36.4 Å². The average Bonchev–Trinajstić information content (AvgIpc) is 3.29. The van der Waals surface area contributed by atoms with Gasteiger partial charge in [0.05, 0.1) is 6.04 Å². The Morgan fingerprint density at radius 1 is 0.931 bits per heavy atom. The third-order valence-corrected chi connectivity index (χ3v) is 6.93. The number of benzene rings is 2. The molecule has 150 valence electrons. The second kappa shape index (κ2) is 8.31. The lowest BCUT2D eigenvalue weighted by Crippen LogP contribution is -2.28. The summed E-state index contributed by atoms with van der Waals surface area (Å²) in [5.74, 6) is 0.203. The van der Waals surface area contributed by atoms with Crippen LogP contribution in [0.1, 0.15) is 30.0 Å². The zero-order chi connectivity index (χ0) is 20.3. The second-order valence-corrected chi connectivity index (χ2v) is 8.97. The molecule has 7 heteroatoms. The molecule has 1 atom stereocenters. The molecule has 3 aromatic rings. The van der Waals surface area contributed by atoms with Gasteiger partial charge in [0.1, 0.15) is 16.5 Å². The molecule has 0 saturated carbocycles. The highest BCUT2D eigenvalue weighted by molar-refractivity contribution is 7.89. The lowest BCUT2D eigenvalue weighted by Gasteiger charge is -2.21. The maximum Gasteiger partial charge on any atom is 0.244 e. The third kappa shape index (κ3) is 4.31. The number of halogens is 1. The lowest BCUT2D eigenvalue weighted by atomic mass is 9.98. The van der Waals surface area contributed by atoms with Gasteiger partial charge in [-0.25, -0.2) is 17.8 Å². The van der Waals surface area contributed by atoms with E-state index in [1.54, 1.807) is 18.2 Å². The predicted molar refractivity (Wildman–Crippen MR) is 111 cm³/mol. The average molecular weight is 412 g/mol. The van der Waals surface area contributed by atoms with Gasteiger partial charge >= 0.3 is 0 Å². The first-order valence-corrected chi connectivity index (χ1v) is 11.0. The van der Waals surface area contributed by atoms with E-state index in [9.17, 15) is 12.8 Å². The molecule has 29 heavy (non-hydrogen) atoms. The van der Waals surface area contributed by atoms with E-state index in [0.29, 0.717) is 18.9 Å². The van der Waals surface area contributed by atoms with Crippen molar-refractivity contribution in [3.63, 3.8) is 0 Å². The van der Waals surface area contributed by atoms with Crippen LogP contribution in [0.3, 0.4) is 0 Å². The van der Waals surface area contributed by atoms with Gasteiger partial charge in [0, 0.05) is 19.3 Å². The fourth-order valence-electron chi connectivity index (χ4n) is 3.53. The van der Waals surface area contributed by atoms with Crippen molar-refractivity contribution in [1.29, 1.82) is 0 Å². The number of sulfonamides is 1. The summed E-state index contributed by atoms with van der Waals surface area (Å²) in [7, 11) is -3.50. The Morgan fingerprint density at radius 3 is 2.31 bits per heavy atom. The highest BCUT2D eigenvalue weighted by Gasteiger charge is 2.27. The van der Waals surface area contributed by atoms with Crippen LogP contribution in [-0.2, 0) is 10.0 Å². The smallest absolute Gasteiger partial charge is 0.244 e. The highest BCUT2D eigenvalue weighted by atomic mass is 32.2. The molecule has 1 fully saturated rings. The summed E-state index contributed by atoms with van der Waals surface area (Å²) in [6.07, 6.45) is 3.15. The van der Waals surface area contributed by atoms with Crippen molar-refractivity contribution < 1.29 is 12.8 Å². The molecule has 2 heterocycles. The van der Waals surface area contributed by atoms with Gasteiger partial charge in [-0.1, -0.05) is 42.5 Å². The van der Waals surface area contributed by atoms with Crippen LogP contribution in [-0.4, -0.2) is 30.8 Å². The number of anilines is 1. The van der Waals surface area contributed by atoms with E-state index in [1.165, 1.54) is 22.6 Å². The van der Waals surface area contributed by atoms with Crippen LogP contribution in [0.25, 0.3) is 0 Å². The fraction of sp³-hybridized carbons (Fsp3) is 0.227. The van der Waals surface area contributed by atoms with E-state index in [2.05, 4.69) is 10.3 Å². The number of hydrogen-bond donors (Lipinski definition) is 1. The van der Waals surface area contributed by atoms with E-state index < -0.39 is 10.0 Å². The maximum absolute atomic E-state index is 13.8. The standard InChI is InChI=1S/C22H22FN3O2S/c23-19-10-6-9-18(15-19)22(17-7-2-1-3-8-17)25-21-12-11-20(16-24-21)29(27,28)26-13-4-5-14-26/h1-3,6-12,15-16,22H,4-5,13-14H2,(H,24,25). The van der Waals surface area contributed by atoms with Crippen LogP contribution in [0.4, 0.5) is 10.2 Å². The van der Waals surface area contributed by atoms with E-state index in [-0.39, 0.29) is 16.8 Å². The fourth-order valence-corrected chi connectivity index (χ4v) is 5.00. The zero-order valence-electron chi connectivity index (χ0n) is 15.8. The van der Waals surface area contributed by atoms with Gasteiger partial charge in [0.2, 0.25) is 10.0 Å². The number of hydrogen-bond acceptors (Lipinski definition) is 4. The first-order chi connectivity index (χ1) is 14.0. The third-order valence-electron chi connectivity index (χ3n) is 5.05. The minimum Gasteiger partial charge on any atom is -0.359 e. The molecule has 1 saturated heterocycles. The Morgan fingerprint density at radius 2 is 1.66 bits per heavy atom. The molecular formula is C22H22FN3O2S. The minimum absolute atomic E-state index is 0.187. The Bertz CT molecular complexity index is 1070. The second-order valence-electron chi connectivity index (χ2n) is 7.03. The molecule has 0 radical (unpaired) electrons. The molecule has 0 spiro atoms. The van der Waals surface area contributed by atoms with Crippen molar-refractivity contribution in [2.24, 2.45) is 0 Å². The van der Waals surface area contributed by atoms with E-state index in [0.717, 1.165) is 24.0 Å². The van der Waals surface area contributed by atoms with Gasteiger partial charge in [0.15, 0.2) is 0 Å². The summed E-state index contributed by atoms with van der Waals surface area (Å²) in [5, 5.41) is 3.30. The zero-order valence-corrected chi connectivity index (χ0v) is 16.6. The largest absolute Gasteiger partial charge is 0.359 e. The van der Waals surface area contributed by atoms with Crippen LogP contribution >= 0.6 is 0 Å². The molecule has 4 rings (SSSR count). The van der Waals surface area contributed by atoms with Crippen molar-refractivity contribution in [2.75, 3.05) is 18.4 Å². The van der Waals surface area contributed by atoms with Crippen LogP contribution in [0.2, 0.25) is 0 Å². The van der Waals surface area contributed by atoms with Gasteiger partial charge in [-0.3, -0.25) is 0 Å². The maximum atomic E-state index is 13.8. The highest BCUT2D eigenvalue weighted by Crippen LogP contribution is 2.27. The van der Waals surface area contributed by atoms with Crippen molar-refractivity contribution >= 4 is 15.8 Å². The summed E-state index contributed by atoms with van der Waals surface area (Å²) in [6.45, 7) is 1.11. The van der Waals surface area contributed by atoms with Crippen LogP contribution in [0.5, 0.6) is 0 Å². The number of rotatable bonds is 6. The van der Waals surface area contributed by atoms with Crippen LogP contribution in [0.15, 0.2) is 77.8 Å². The van der Waals surface area contributed by atoms with E-state index in [4.69, 9.17) is 0 Å². The van der Waals surface area contributed by atoms with Crippen LogP contribution < -0.4 is 5.32 Å². The van der Waals surface area contributed by atoms with Crippen LogP contribution in [0, 0.1) is 5.82 Å². The molecule has 1 aliphatic heterocycles. The quantitative estimate of drug-likeness (QED) is 0.660. The number of pyridine rings is 1. The monoisotopic (exact) mass is 411 g/mol. The number of nitrogens with one attached hydrogen (secondary N) is 1. The number of aromatic nitrogens is 1. The van der Waals surface area contributed by atoms with Gasteiger partial charge < -0.3 is 5.32 Å². The topological polar surface area (TPSA) is 62.3 Å². The minimum atomic E-state index is -3.50.